The van der Waals surface area contributed by atoms with Gasteiger partial charge in [0.1, 0.15) is 12.1 Å². The highest BCUT2D eigenvalue weighted by molar-refractivity contribution is 5.78. The summed E-state index contributed by atoms with van der Waals surface area (Å²) in [6.07, 6.45) is 2.83. The van der Waals surface area contributed by atoms with Crippen molar-refractivity contribution in [2.24, 2.45) is 0 Å². The van der Waals surface area contributed by atoms with E-state index in [0.717, 1.165) is 30.9 Å². The number of pyridine rings is 1. The van der Waals surface area contributed by atoms with Gasteiger partial charge in [0, 0.05) is 18.7 Å². The monoisotopic (exact) mass is 249 g/mol. The molecule has 98 valence electrons. The summed E-state index contributed by atoms with van der Waals surface area (Å²) in [5.41, 5.74) is 0.980. The molecule has 0 atom stereocenters. The fourth-order valence-corrected chi connectivity index (χ4v) is 1.51. The van der Waals surface area contributed by atoms with Crippen molar-refractivity contribution in [3.05, 3.63) is 23.9 Å². The van der Waals surface area contributed by atoms with Gasteiger partial charge in [-0.2, -0.15) is 0 Å². The molecule has 0 aliphatic rings. The number of amides is 1. The molecule has 1 aromatic rings. The summed E-state index contributed by atoms with van der Waals surface area (Å²) in [6.45, 7) is 2.84. The minimum Gasteiger partial charge on any atom is -0.370 e. The van der Waals surface area contributed by atoms with Gasteiger partial charge in [0.2, 0.25) is 5.91 Å². The highest BCUT2D eigenvalue weighted by Gasteiger charge is 1.99. The molecule has 1 rings (SSSR count). The molecular weight excluding hydrogens is 230 g/mol. The van der Waals surface area contributed by atoms with E-state index in [4.69, 9.17) is 0 Å². The SMILES string of the molecule is Cc1cccc(NCCCCC(=O)NCC=O)n1. The molecule has 1 heterocycles. The molecule has 0 saturated heterocycles. The Morgan fingerprint density at radius 2 is 2.22 bits per heavy atom. The highest BCUT2D eigenvalue weighted by Crippen LogP contribution is 2.04. The van der Waals surface area contributed by atoms with Crippen LogP contribution < -0.4 is 10.6 Å². The van der Waals surface area contributed by atoms with E-state index in [1.165, 1.54) is 0 Å². The Labute approximate surface area is 107 Å². The standard InChI is InChI=1S/C13H19N3O2/c1-11-5-4-6-12(16-11)14-8-3-2-7-13(18)15-9-10-17/h4-6,10H,2-3,7-9H2,1H3,(H,14,16)(H,15,18). The van der Waals surface area contributed by atoms with Crippen molar-refractivity contribution in [1.29, 1.82) is 0 Å². The van der Waals surface area contributed by atoms with Crippen LogP contribution in [0.15, 0.2) is 18.2 Å². The van der Waals surface area contributed by atoms with Crippen LogP contribution in [0.2, 0.25) is 0 Å². The fraction of sp³-hybridized carbons (Fsp3) is 0.462. The molecule has 0 aliphatic heterocycles. The Morgan fingerprint density at radius 1 is 1.39 bits per heavy atom. The lowest BCUT2D eigenvalue weighted by Crippen LogP contribution is -2.24. The van der Waals surface area contributed by atoms with Gasteiger partial charge < -0.3 is 15.4 Å². The minimum absolute atomic E-state index is 0.0734. The first-order valence-electron chi connectivity index (χ1n) is 6.10. The summed E-state index contributed by atoms with van der Waals surface area (Å²) >= 11 is 0. The Morgan fingerprint density at radius 3 is 2.94 bits per heavy atom. The second-order valence-electron chi connectivity index (χ2n) is 4.02. The molecule has 5 nitrogen and oxygen atoms in total. The van der Waals surface area contributed by atoms with Gasteiger partial charge in [-0.25, -0.2) is 4.98 Å². The van der Waals surface area contributed by atoms with Crippen LogP contribution in [0.5, 0.6) is 0 Å². The normalized spacial score (nSPS) is 9.83. The van der Waals surface area contributed by atoms with Crippen molar-refractivity contribution in [3.8, 4) is 0 Å². The van der Waals surface area contributed by atoms with E-state index < -0.39 is 0 Å². The number of carbonyl (C=O) groups is 2. The lowest BCUT2D eigenvalue weighted by molar-refractivity contribution is -0.122. The van der Waals surface area contributed by atoms with Crippen LogP contribution >= 0.6 is 0 Å². The number of nitrogens with zero attached hydrogens (tertiary/aromatic N) is 1. The van der Waals surface area contributed by atoms with Crippen molar-refractivity contribution < 1.29 is 9.59 Å². The van der Waals surface area contributed by atoms with E-state index >= 15 is 0 Å². The minimum atomic E-state index is -0.0734. The maximum atomic E-state index is 11.2. The molecule has 2 N–H and O–H groups in total. The van der Waals surface area contributed by atoms with Gasteiger partial charge in [0.15, 0.2) is 0 Å². The third-order valence-corrected chi connectivity index (χ3v) is 2.41. The van der Waals surface area contributed by atoms with Gasteiger partial charge in [-0.3, -0.25) is 4.79 Å². The first-order chi connectivity index (χ1) is 8.72. The van der Waals surface area contributed by atoms with Gasteiger partial charge in [0.25, 0.3) is 0 Å². The molecule has 0 aliphatic carbocycles. The lowest BCUT2D eigenvalue weighted by atomic mass is 10.2. The maximum absolute atomic E-state index is 11.2. The number of aromatic nitrogens is 1. The molecule has 0 saturated carbocycles. The van der Waals surface area contributed by atoms with Crippen LogP contribution in [0.1, 0.15) is 25.0 Å². The van der Waals surface area contributed by atoms with Crippen LogP contribution in [-0.2, 0) is 9.59 Å². The summed E-state index contributed by atoms with van der Waals surface area (Å²) in [6, 6.07) is 5.82. The van der Waals surface area contributed by atoms with Gasteiger partial charge in [-0.15, -0.1) is 0 Å². The average molecular weight is 249 g/mol. The topological polar surface area (TPSA) is 71.1 Å². The van der Waals surface area contributed by atoms with Crippen LogP contribution in [0.4, 0.5) is 5.82 Å². The summed E-state index contributed by atoms with van der Waals surface area (Å²) in [5, 5.41) is 5.71. The molecule has 0 unspecified atom stereocenters. The summed E-state index contributed by atoms with van der Waals surface area (Å²) < 4.78 is 0. The van der Waals surface area contributed by atoms with Gasteiger partial charge in [-0.1, -0.05) is 6.07 Å². The van der Waals surface area contributed by atoms with E-state index in [9.17, 15) is 9.59 Å². The molecular formula is C13H19N3O2. The van der Waals surface area contributed by atoms with E-state index in [2.05, 4.69) is 15.6 Å². The second kappa shape index (κ2) is 8.22. The number of aldehydes is 1. The number of hydrogen-bond donors (Lipinski definition) is 2. The van der Waals surface area contributed by atoms with Gasteiger partial charge in [-0.05, 0) is 31.9 Å². The van der Waals surface area contributed by atoms with E-state index in [-0.39, 0.29) is 12.5 Å². The quantitative estimate of drug-likeness (QED) is 0.538. The number of carbonyl (C=O) groups excluding carboxylic acids is 2. The van der Waals surface area contributed by atoms with Crippen molar-refractivity contribution in [1.82, 2.24) is 10.3 Å². The van der Waals surface area contributed by atoms with Crippen LogP contribution in [0, 0.1) is 6.92 Å². The third-order valence-electron chi connectivity index (χ3n) is 2.41. The van der Waals surface area contributed by atoms with Crippen molar-refractivity contribution in [2.45, 2.75) is 26.2 Å². The maximum Gasteiger partial charge on any atom is 0.220 e. The van der Waals surface area contributed by atoms with Crippen molar-refractivity contribution in [3.63, 3.8) is 0 Å². The Kier molecular flexibility index (Phi) is 6.46. The van der Waals surface area contributed by atoms with Crippen LogP contribution in [0.25, 0.3) is 0 Å². The summed E-state index contributed by atoms with van der Waals surface area (Å²) in [4.78, 5) is 25.5. The van der Waals surface area contributed by atoms with Gasteiger partial charge >= 0.3 is 0 Å². The number of aryl methyl sites for hydroxylation is 1. The molecule has 0 aromatic carbocycles. The lowest BCUT2D eigenvalue weighted by Gasteiger charge is -2.06. The van der Waals surface area contributed by atoms with E-state index in [1.807, 2.05) is 25.1 Å². The third kappa shape index (κ3) is 5.98. The first-order valence-corrected chi connectivity index (χ1v) is 6.10. The number of nitrogens with one attached hydrogen (secondary N) is 2. The number of rotatable bonds is 8. The zero-order chi connectivity index (χ0) is 13.2. The second-order valence-corrected chi connectivity index (χ2v) is 4.02. The molecule has 1 aromatic heterocycles. The zero-order valence-corrected chi connectivity index (χ0v) is 10.6. The molecule has 0 spiro atoms. The average Bonchev–Trinajstić information content (AvgIpc) is 2.36. The molecule has 1 amide bonds. The summed E-state index contributed by atoms with van der Waals surface area (Å²) in [5.74, 6) is 0.788. The van der Waals surface area contributed by atoms with Crippen molar-refractivity contribution in [2.75, 3.05) is 18.4 Å². The number of hydrogen-bond acceptors (Lipinski definition) is 4. The molecule has 18 heavy (non-hydrogen) atoms. The molecule has 0 bridgehead atoms. The van der Waals surface area contributed by atoms with Crippen LogP contribution in [0.3, 0.4) is 0 Å². The smallest absolute Gasteiger partial charge is 0.220 e. The highest BCUT2D eigenvalue weighted by atomic mass is 16.2. The Balaban J connectivity index is 2.08. The largest absolute Gasteiger partial charge is 0.370 e. The Hall–Kier alpha value is -1.91. The molecule has 0 radical (unpaired) electrons. The summed E-state index contributed by atoms with van der Waals surface area (Å²) in [7, 11) is 0. The number of anilines is 1. The first kappa shape index (κ1) is 14.2. The van der Waals surface area contributed by atoms with Crippen molar-refractivity contribution >= 4 is 18.0 Å². The van der Waals surface area contributed by atoms with Gasteiger partial charge in [0.05, 0.1) is 6.54 Å². The van der Waals surface area contributed by atoms with Crippen LogP contribution in [-0.4, -0.2) is 30.3 Å². The Bertz CT molecular complexity index is 394. The predicted octanol–water partition coefficient (Wildman–Crippen LogP) is 1.29. The molecule has 5 heteroatoms. The fourth-order valence-electron chi connectivity index (χ4n) is 1.51. The predicted molar refractivity (Wildman–Crippen MR) is 70.4 cm³/mol. The van der Waals surface area contributed by atoms with E-state index in [1.54, 1.807) is 0 Å². The zero-order valence-electron chi connectivity index (χ0n) is 10.6. The number of unbranched alkanes of at least 4 members (excludes halogenated alkanes) is 1. The van der Waals surface area contributed by atoms with E-state index in [0.29, 0.717) is 12.7 Å². The molecule has 0 fully saturated rings.